The van der Waals surface area contributed by atoms with Gasteiger partial charge in [-0.2, -0.15) is 0 Å². The molecule has 0 aliphatic rings. The molecule has 0 aromatic carbocycles. The Kier molecular flexibility index (Phi) is 5.17. The number of halogens is 1. The molecular weight excluding hydrogens is 278 g/mol. The monoisotopic (exact) mass is 291 g/mol. The van der Waals surface area contributed by atoms with E-state index in [-0.39, 0.29) is 5.91 Å². The van der Waals surface area contributed by atoms with Gasteiger partial charge in [0.1, 0.15) is 4.88 Å². The van der Waals surface area contributed by atoms with Crippen molar-refractivity contribution in [2.45, 2.75) is 19.8 Å². The second kappa shape index (κ2) is 6.17. The molecule has 0 N–H and O–H groups in total. The Labute approximate surface area is 102 Å². The van der Waals surface area contributed by atoms with Crippen LogP contribution in [-0.4, -0.2) is 39.3 Å². The van der Waals surface area contributed by atoms with E-state index in [1.165, 1.54) is 11.5 Å². The van der Waals surface area contributed by atoms with E-state index in [9.17, 15) is 4.79 Å². The highest BCUT2D eigenvalue weighted by atomic mass is 79.9. The number of amides is 1. The van der Waals surface area contributed by atoms with Crippen molar-refractivity contribution in [1.29, 1.82) is 0 Å². The molecule has 0 saturated heterocycles. The predicted molar refractivity (Wildman–Crippen MR) is 64.7 cm³/mol. The molecule has 0 bridgehead atoms. The van der Waals surface area contributed by atoms with E-state index in [0.717, 1.165) is 30.4 Å². The molecule has 84 valence electrons. The first kappa shape index (κ1) is 12.6. The standard InChI is InChI=1S/C9H14BrN3OS/c1-3-7-8(15-12-11-7)9(14)13(2)6-4-5-10/h3-6H2,1-2H3. The minimum Gasteiger partial charge on any atom is -0.341 e. The van der Waals surface area contributed by atoms with Crippen LogP contribution in [0.15, 0.2) is 0 Å². The number of aromatic nitrogens is 2. The van der Waals surface area contributed by atoms with Gasteiger partial charge in [0.05, 0.1) is 5.69 Å². The minimum absolute atomic E-state index is 0.0304. The molecule has 0 aliphatic carbocycles. The first-order chi connectivity index (χ1) is 7.20. The van der Waals surface area contributed by atoms with E-state index in [1.807, 2.05) is 14.0 Å². The Morgan fingerprint density at radius 2 is 2.33 bits per heavy atom. The van der Waals surface area contributed by atoms with Crippen LogP contribution in [0.3, 0.4) is 0 Å². The number of carbonyl (C=O) groups is 1. The number of alkyl halides is 1. The number of carbonyl (C=O) groups excluding carboxylic acids is 1. The highest BCUT2D eigenvalue weighted by Gasteiger charge is 2.18. The van der Waals surface area contributed by atoms with Crippen LogP contribution in [0, 0.1) is 0 Å². The Bertz CT molecular complexity index is 329. The fourth-order valence-electron chi connectivity index (χ4n) is 1.17. The minimum atomic E-state index is 0.0304. The largest absolute Gasteiger partial charge is 0.341 e. The van der Waals surface area contributed by atoms with E-state index in [0.29, 0.717) is 4.88 Å². The molecule has 0 fully saturated rings. The normalized spacial score (nSPS) is 10.3. The summed E-state index contributed by atoms with van der Waals surface area (Å²) in [4.78, 5) is 14.3. The lowest BCUT2D eigenvalue weighted by molar-refractivity contribution is 0.0799. The smallest absolute Gasteiger partial charge is 0.267 e. The van der Waals surface area contributed by atoms with Crippen molar-refractivity contribution in [2.75, 3.05) is 18.9 Å². The third-order valence-electron chi connectivity index (χ3n) is 2.06. The summed E-state index contributed by atoms with van der Waals surface area (Å²) < 4.78 is 3.81. The lowest BCUT2D eigenvalue weighted by Gasteiger charge is -2.15. The third kappa shape index (κ3) is 3.24. The Morgan fingerprint density at radius 1 is 1.60 bits per heavy atom. The van der Waals surface area contributed by atoms with Gasteiger partial charge < -0.3 is 4.90 Å². The van der Waals surface area contributed by atoms with Crippen molar-refractivity contribution in [3.63, 3.8) is 0 Å². The molecule has 1 aromatic heterocycles. The SMILES string of the molecule is CCc1nnsc1C(=O)N(C)CCCBr. The first-order valence-corrected chi connectivity index (χ1v) is 6.72. The average molecular weight is 292 g/mol. The summed E-state index contributed by atoms with van der Waals surface area (Å²) >= 11 is 4.52. The zero-order chi connectivity index (χ0) is 11.3. The maximum absolute atomic E-state index is 11.9. The number of hydrogen-bond acceptors (Lipinski definition) is 4. The van der Waals surface area contributed by atoms with Crippen LogP contribution in [-0.2, 0) is 6.42 Å². The van der Waals surface area contributed by atoms with Gasteiger partial charge in [-0.15, -0.1) is 5.10 Å². The van der Waals surface area contributed by atoms with Crippen molar-refractivity contribution in [3.05, 3.63) is 10.6 Å². The topological polar surface area (TPSA) is 46.1 Å². The molecule has 1 amide bonds. The maximum Gasteiger partial charge on any atom is 0.267 e. The van der Waals surface area contributed by atoms with Crippen molar-refractivity contribution in [3.8, 4) is 0 Å². The number of nitrogens with zero attached hydrogens (tertiary/aromatic N) is 3. The number of aryl methyl sites for hydroxylation is 1. The molecular formula is C9H14BrN3OS. The highest BCUT2D eigenvalue weighted by Crippen LogP contribution is 2.13. The molecule has 0 aliphatic heterocycles. The zero-order valence-corrected chi connectivity index (χ0v) is 11.3. The van der Waals surface area contributed by atoms with E-state index in [2.05, 4.69) is 25.5 Å². The van der Waals surface area contributed by atoms with Crippen LogP contribution in [0.5, 0.6) is 0 Å². The van der Waals surface area contributed by atoms with Crippen molar-refractivity contribution < 1.29 is 4.79 Å². The van der Waals surface area contributed by atoms with Gasteiger partial charge in [-0.1, -0.05) is 27.3 Å². The molecule has 15 heavy (non-hydrogen) atoms. The molecule has 6 heteroatoms. The van der Waals surface area contributed by atoms with E-state index in [4.69, 9.17) is 0 Å². The fraction of sp³-hybridized carbons (Fsp3) is 0.667. The van der Waals surface area contributed by atoms with Crippen molar-refractivity contribution in [2.24, 2.45) is 0 Å². The van der Waals surface area contributed by atoms with Gasteiger partial charge >= 0.3 is 0 Å². The Balaban J connectivity index is 2.67. The second-order valence-corrected chi connectivity index (χ2v) is 4.72. The summed E-state index contributed by atoms with van der Waals surface area (Å²) in [7, 11) is 1.81. The van der Waals surface area contributed by atoms with E-state index in [1.54, 1.807) is 4.90 Å². The summed E-state index contributed by atoms with van der Waals surface area (Å²) in [5, 5.41) is 4.84. The van der Waals surface area contributed by atoms with Gasteiger partial charge in [-0.05, 0) is 24.4 Å². The molecule has 0 atom stereocenters. The number of rotatable bonds is 5. The zero-order valence-electron chi connectivity index (χ0n) is 8.86. The van der Waals surface area contributed by atoms with E-state index >= 15 is 0 Å². The van der Waals surface area contributed by atoms with Gasteiger partial charge in [-0.25, -0.2) is 0 Å². The van der Waals surface area contributed by atoms with Gasteiger partial charge in [0, 0.05) is 18.9 Å². The lowest BCUT2D eigenvalue weighted by atomic mass is 10.2. The Morgan fingerprint density at radius 3 is 2.93 bits per heavy atom. The van der Waals surface area contributed by atoms with Gasteiger partial charge in [0.15, 0.2) is 0 Å². The van der Waals surface area contributed by atoms with Crippen LogP contribution in [0.2, 0.25) is 0 Å². The Hall–Kier alpha value is -0.490. The summed E-state index contributed by atoms with van der Waals surface area (Å²) in [5.41, 5.74) is 0.802. The van der Waals surface area contributed by atoms with E-state index < -0.39 is 0 Å². The molecule has 1 heterocycles. The van der Waals surface area contributed by atoms with Crippen LogP contribution in [0.25, 0.3) is 0 Å². The molecule has 4 nitrogen and oxygen atoms in total. The van der Waals surface area contributed by atoms with Crippen LogP contribution < -0.4 is 0 Å². The van der Waals surface area contributed by atoms with Crippen LogP contribution >= 0.6 is 27.5 Å². The quantitative estimate of drug-likeness (QED) is 0.779. The predicted octanol–water partition coefficient (Wildman–Crippen LogP) is 1.96. The molecule has 0 saturated carbocycles. The number of hydrogen-bond donors (Lipinski definition) is 0. The summed E-state index contributed by atoms with van der Waals surface area (Å²) in [5.74, 6) is 0.0304. The summed E-state index contributed by atoms with van der Waals surface area (Å²) in [6, 6.07) is 0. The third-order valence-corrected chi connectivity index (χ3v) is 3.38. The van der Waals surface area contributed by atoms with Crippen LogP contribution in [0.4, 0.5) is 0 Å². The van der Waals surface area contributed by atoms with Crippen molar-refractivity contribution in [1.82, 2.24) is 14.5 Å². The fourth-order valence-corrected chi connectivity index (χ4v) is 2.17. The molecule has 1 rings (SSSR count). The average Bonchev–Trinajstić information content (AvgIpc) is 2.72. The van der Waals surface area contributed by atoms with Gasteiger partial charge in [-0.3, -0.25) is 4.79 Å². The second-order valence-electron chi connectivity index (χ2n) is 3.17. The molecule has 0 unspecified atom stereocenters. The maximum atomic E-state index is 11.9. The molecule has 0 spiro atoms. The van der Waals surface area contributed by atoms with Crippen LogP contribution in [0.1, 0.15) is 28.7 Å². The highest BCUT2D eigenvalue weighted by molar-refractivity contribution is 9.09. The summed E-state index contributed by atoms with van der Waals surface area (Å²) in [6.45, 7) is 2.73. The molecule has 0 radical (unpaired) electrons. The van der Waals surface area contributed by atoms with Crippen molar-refractivity contribution >= 4 is 33.4 Å². The van der Waals surface area contributed by atoms with Gasteiger partial charge in [0.2, 0.25) is 0 Å². The molecule has 1 aromatic rings. The van der Waals surface area contributed by atoms with Gasteiger partial charge in [0.25, 0.3) is 5.91 Å². The first-order valence-electron chi connectivity index (χ1n) is 4.83. The summed E-state index contributed by atoms with van der Waals surface area (Å²) in [6.07, 6.45) is 1.71. The lowest BCUT2D eigenvalue weighted by Crippen LogP contribution is -2.28.